The first-order valence-electron chi connectivity index (χ1n) is 10.4. The Balaban J connectivity index is 1.68. The van der Waals surface area contributed by atoms with Crippen LogP contribution in [0.25, 0.3) is 0 Å². The van der Waals surface area contributed by atoms with E-state index < -0.39 is 10.8 Å². The number of hydrogen-bond acceptors (Lipinski definition) is 8. The van der Waals surface area contributed by atoms with E-state index in [0.29, 0.717) is 51.2 Å². The molecule has 0 spiro atoms. The van der Waals surface area contributed by atoms with Crippen molar-refractivity contribution in [2.75, 3.05) is 7.11 Å². The van der Waals surface area contributed by atoms with Crippen molar-refractivity contribution in [3.8, 4) is 17.6 Å². The Morgan fingerprint density at radius 1 is 1.29 bits per heavy atom. The zero-order valence-electron chi connectivity index (χ0n) is 18.2. The molecule has 1 aliphatic heterocycles. The lowest BCUT2D eigenvalue weighted by Gasteiger charge is -2.31. The van der Waals surface area contributed by atoms with Gasteiger partial charge in [0.15, 0.2) is 17.3 Å². The van der Waals surface area contributed by atoms with Gasteiger partial charge in [-0.1, -0.05) is 0 Å². The van der Waals surface area contributed by atoms with E-state index in [4.69, 9.17) is 19.9 Å². The molecule has 4 rings (SSSR count). The average Bonchev–Trinajstić information content (AvgIpc) is 2.82. The highest BCUT2D eigenvalue weighted by Gasteiger charge is 2.38. The van der Waals surface area contributed by atoms with E-state index in [9.17, 15) is 20.2 Å². The zero-order chi connectivity index (χ0) is 24.4. The molecule has 0 saturated carbocycles. The number of allylic oxidation sites excluding steroid dienone is 3. The van der Waals surface area contributed by atoms with Crippen LogP contribution in [0.3, 0.4) is 0 Å². The van der Waals surface area contributed by atoms with Gasteiger partial charge in [-0.15, -0.1) is 0 Å². The number of nitrogens with two attached hydrogens (primary N) is 1. The van der Waals surface area contributed by atoms with Crippen molar-refractivity contribution in [3.05, 3.63) is 84.0 Å². The number of Topliss-reactive ketones (excluding diaryl/α,β-unsaturated/α-hetero) is 1. The molecule has 0 bridgehead atoms. The molecule has 0 fully saturated rings. The molecule has 0 aromatic heterocycles. The lowest BCUT2D eigenvalue weighted by Crippen LogP contribution is -2.27. The van der Waals surface area contributed by atoms with Crippen LogP contribution in [0.5, 0.6) is 11.5 Å². The number of non-ortho nitro benzene ring substituents is 1. The second-order valence-electron chi connectivity index (χ2n) is 7.78. The number of hydrogen-bond donors (Lipinski definition) is 1. The van der Waals surface area contributed by atoms with Crippen LogP contribution in [0, 0.1) is 25.0 Å². The smallest absolute Gasteiger partial charge is 0.269 e. The Morgan fingerprint density at radius 3 is 2.68 bits per heavy atom. The van der Waals surface area contributed by atoms with Gasteiger partial charge in [0.25, 0.3) is 5.69 Å². The summed E-state index contributed by atoms with van der Waals surface area (Å²) in [7, 11) is 1.50. The maximum absolute atomic E-state index is 12.8. The Hall–Kier alpha value is -3.59. The number of ether oxygens (including phenoxy) is 3. The predicted octanol–water partition coefficient (Wildman–Crippen LogP) is 4.60. The third-order valence-corrected chi connectivity index (χ3v) is 6.52. The molecule has 2 N–H and O–H groups in total. The van der Waals surface area contributed by atoms with Crippen molar-refractivity contribution < 1.29 is 23.9 Å². The van der Waals surface area contributed by atoms with Crippen LogP contribution in [0.2, 0.25) is 0 Å². The fraction of sp³-hybridized carbons (Fsp3) is 0.250. The lowest BCUT2D eigenvalue weighted by atomic mass is 9.77. The van der Waals surface area contributed by atoms with Crippen LogP contribution in [0.1, 0.15) is 36.3 Å². The van der Waals surface area contributed by atoms with E-state index in [1.165, 1.54) is 19.2 Å². The first kappa shape index (κ1) is 23.6. The molecule has 9 nitrogen and oxygen atoms in total. The number of benzene rings is 2. The molecule has 34 heavy (non-hydrogen) atoms. The van der Waals surface area contributed by atoms with Gasteiger partial charge in [-0.3, -0.25) is 14.9 Å². The van der Waals surface area contributed by atoms with Crippen LogP contribution in [-0.2, 0) is 16.1 Å². The summed E-state index contributed by atoms with van der Waals surface area (Å²) in [6.45, 7) is 0.172. The van der Waals surface area contributed by atoms with E-state index in [0.717, 1.165) is 5.56 Å². The normalized spacial score (nSPS) is 17.6. The third-order valence-electron chi connectivity index (χ3n) is 5.72. The maximum Gasteiger partial charge on any atom is 0.269 e. The lowest BCUT2D eigenvalue weighted by molar-refractivity contribution is -0.384. The fourth-order valence-corrected chi connectivity index (χ4v) is 4.89. The summed E-state index contributed by atoms with van der Waals surface area (Å²) in [5.74, 6) is 0.735. The summed E-state index contributed by atoms with van der Waals surface area (Å²) in [4.78, 5) is 23.2. The van der Waals surface area contributed by atoms with Gasteiger partial charge in [0, 0.05) is 30.5 Å². The summed E-state index contributed by atoms with van der Waals surface area (Å²) in [5.41, 5.74) is 8.12. The molecule has 1 aliphatic carbocycles. The summed E-state index contributed by atoms with van der Waals surface area (Å²) < 4.78 is 17.9. The highest BCUT2D eigenvalue weighted by atomic mass is 127. The Morgan fingerprint density at radius 2 is 2.03 bits per heavy atom. The van der Waals surface area contributed by atoms with Crippen LogP contribution in [0.4, 0.5) is 5.69 Å². The first-order valence-corrected chi connectivity index (χ1v) is 11.5. The Kier molecular flexibility index (Phi) is 6.74. The van der Waals surface area contributed by atoms with E-state index in [1.807, 2.05) is 6.07 Å². The van der Waals surface area contributed by atoms with Crippen LogP contribution in [0.15, 0.2) is 59.2 Å². The molecule has 2 aromatic carbocycles. The minimum atomic E-state index is -0.646. The minimum absolute atomic E-state index is 0.00304. The highest BCUT2D eigenvalue weighted by Crippen LogP contribution is 2.46. The van der Waals surface area contributed by atoms with Crippen LogP contribution >= 0.6 is 22.6 Å². The van der Waals surface area contributed by atoms with Gasteiger partial charge in [-0.05, 0) is 64.4 Å². The first-order chi connectivity index (χ1) is 16.3. The number of nitro benzene ring substituents is 1. The number of rotatable bonds is 6. The molecular formula is C24H20IN3O6. The number of nitrogens with zero attached hydrogens (tertiary/aromatic N) is 2. The minimum Gasteiger partial charge on any atom is -0.493 e. The second kappa shape index (κ2) is 9.72. The number of carbonyl (C=O) groups is 1. The molecule has 0 saturated heterocycles. The largest absolute Gasteiger partial charge is 0.493 e. The molecule has 0 radical (unpaired) electrons. The van der Waals surface area contributed by atoms with Crippen LogP contribution < -0.4 is 15.2 Å². The van der Waals surface area contributed by atoms with Gasteiger partial charge in [0.05, 0.1) is 21.5 Å². The number of methoxy groups -OCH3 is 1. The van der Waals surface area contributed by atoms with Gasteiger partial charge in [0.1, 0.15) is 24.0 Å². The maximum atomic E-state index is 12.8. The summed E-state index contributed by atoms with van der Waals surface area (Å²) >= 11 is 2.11. The highest BCUT2D eigenvalue weighted by molar-refractivity contribution is 14.1. The summed E-state index contributed by atoms with van der Waals surface area (Å²) in [6.07, 6.45) is 1.65. The fourth-order valence-electron chi connectivity index (χ4n) is 4.11. The summed E-state index contributed by atoms with van der Waals surface area (Å²) in [5, 5.41) is 20.6. The number of nitriles is 1. The zero-order valence-corrected chi connectivity index (χ0v) is 20.3. The monoisotopic (exact) mass is 573 g/mol. The number of carbonyl (C=O) groups excluding carboxylic acids is 1. The molecule has 2 aliphatic rings. The van der Waals surface area contributed by atoms with Gasteiger partial charge in [0.2, 0.25) is 5.88 Å². The molecular weight excluding hydrogens is 553 g/mol. The Labute approximate surface area is 209 Å². The quantitative estimate of drug-likeness (QED) is 0.301. The van der Waals surface area contributed by atoms with E-state index in [-0.39, 0.29) is 29.5 Å². The standard InChI is InChI=1S/C24H20IN3O6/c1-32-20-10-14(21-16(11-26)24(27)34-19-4-2-3-18(29)22(19)21)9-17(25)23(20)33-12-13-5-7-15(8-6-13)28(30)31/h5-10,21H,2-4,12,27H2,1H3/t21-/m1/s1. The van der Waals surface area contributed by atoms with Crippen LogP contribution in [-0.4, -0.2) is 17.8 Å². The summed E-state index contributed by atoms with van der Waals surface area (Å²) in [6, 6.07) is 11.8. The molecule has 174 valence electrons. The van der Waals surface area contributed by atoms with Gasteiger partial charge in [-0.2, -0.15) is 5.26 Å². The molecule has 1 atom stereocenters. The van der Waals surface area contributed by atoms with E-state index in [1.54, 1.807) is 18.2 Å². The SMILES string of the molecule is COc1cc([C@@H]2C(C#N)=C(N)OC3=C2C(=O)CCC3)cc(I)c1OCc1ccc([N+](=O)[O-])cc1. The number of ketones is 1. The predicted molar refractivity (Wildman–Crippen MR) is 130 cm³/mol. The van der Waals surface area contributed by atoms with Crippen molar-refractivity contribution in [1.29, 1.82) is 5.26 Å². The van der Waals surface area contributed by atoms with Gasteiger partial charge < -0.3 is 19.9 Å². The second-order valence-corrected chi connectivity index (χ2v) is 8.95. The molecule has 10 heteroatoms. The van der Waals surface area contributed by atoms with Gasteiger partial charge >= 0.3 is 0 Å². The Bertz CT molecular complexity index is 1280. The van der Waals surface area contributed by atoms with Crippen molar-refractivity contribution in [1.82, 2.24) is 0 Å². The number of halogens is 1. The topological polar surface area (TPSA) is 138 Å². The van der Waals surface area contributed by atoms with Gasteiger partial charge in [-0.25, -0.2) is 0 Å². The average molecular weight is 573 g/mol. The van der Waals surface area contributed by atoms with Crippen molar-refractivity contribution in [2.24, 2.45) is 5.73 Å². The molecule has 0 unspecified atom stereocenters. The number of nitro groups is 1. The van der Waals surface area contributed by atoms with E-state index >= 15 is 0 Å². The molecule has 2 aromatic rings. The van der Waals surface area contributed by atoms with E-state index in [2.05, 4.69) is 28.7 Å². The molecule has 1 heterocycles. The van der Waals surface area contributed by atoms with Crippen molar-refractivity contribution >= 4 is 34.1 Å². The third kappa shape index (κ3) is 4.43. The van der Waals surface area contributed by atoms with Crippen molar-refractivity contribution in [3.63, 3.8) is 0 Å². The van der Waals surface area contributed by atoms with Crippen molar-refractivity contribution in [2.45, 2.75) is 31.8 Å². The molecule has 0 amide bonds.